The van der Waals surface area contributed by atoms with Gasteiger partial charge in [-0.15, -0.1) is 0 Å². The summed E-state index contributed by atoms with van der Waals surface area (Å²) >= 11 is 1.45. The first kappa shape index (κ1) is 19.8. The highest BCUT2D eigenvalue weighted by Crippen LogP contribution is 2.25. The smallest absolute Gasteiger partial charge is 0.251 e. The van der Waals surface area contributed by atoms with Crippen molar-refractivity contribution >= 4 is 39.1 Å². The van der Waals surface area contributed by atoms with E-state index in [-0.39, 0.29) is 11.7 Å². The molecular weight excluding hydrogens is 394 g/mol. The number of nitrogens with zero attached hydrogens (tertiary/aromatic N) is 1. The third-order valence-corrected chi connectivity index (χ3v) is 5.61. The van der Waals surface area contributed by atoms with Gasteiger partial charge in [-0.2, -0.15) is 4.37 Å². The van der Waals surface area contributed by atoms with Crippen LogP contribution in [0.15, 0.2) is 72.8 Å². The largest absolute Gasteiger partial charge is 0.367 e. The van der Waals surface area contributed by atoms with Crippen LogP contribution in [-0.4, -0.2) is 29.2 Å². The molecule has 1 heterocycles. The molecule has 0 unspecified atom stereocenters. The lowest BCUT2D eigenvalue weighted by Crippen LogP contribution is -2.29. The van der Waals surface area contributed by atoms with E-state index in [2.05, 4.69) is 15.0 Å². The SMILES string of the molecule is Cc1ccc(C(=O)c2cccc(C(=O)NCCNc3nsc4ccccc34)c2)cc1. The van der Waals surface area contributed by atoms with Crippen LogP contribution in [-0.2, 0) is 0 Å². The van der Waals surface area contributed by atoms with Gasteiger partial charge in [0.25, 0.3) is 5.91 Å². The number of amides is 1. The summed E-state index contributed by atoms with van der Waals surface area (Å²) in [7, 11) is 0. The van der Waals surface area contributed by atoms with Crippen molar-refractivity contribution in [2.75, 3.05) is 18.4 Å². The number of aryl methyl sites for hydroxylation is 1. The van der Waals surface area contributed by atoms with Crippen molar-refractivity contribution in [2.45, 2.75) is 6.92 Å². The third-order valence-electron chi connectivity index (χ3n) is 4.78. The second-order valence-corrected chi connectivity index (χ2v) is 7.79. The number of benzene rings is 3. The molecule has 0 spiro atoms. The van der Waals surface area contributed by atoms with Crippen LogP contribution < -0.4 is 10.6 Å². The highest BCUT2D eigenvalue weighted by Gasteiger charge is 2.12. The molecule has 3 aromatic carbocycles. The van der Waals surface area contributed by atoms with Gasteiger partial charge in [-0.05, 0) is 42.7 Å². The first-order valence-electron chi connectivity index (χ1n) is 9.70. The van der Waals surface area contributed by atoms with Gasteiger partial charge in [0.05, 0.1) is 4.70 Å². The van der Waals surface area contributed by atoms with Gasteiger partial charge >= 0.3 is 0 Å². The molecule has 0 atom stereocenters. The predicted octanol–water partition coefficient (Wildman–Crippen LogP) is 4.68. The highest BCUT2D eigenvalue weighted by molar-refractivity contribution is 7.13. The van der Waals surface area contributed by atoms with E-state index in [1.807, 2.05) is 43.3 Å². The summed E-state index contributed by atoms with van der Waals surface area (Å²) < 4.78 is 5.54. The third kappa shape index (κ3) is 4.39. The minimum Gasteiger partial charge on any atom is -0.367 e. The quantitative estimate of drug-likeness (QED) is 0.340. The normalized spacial score (nSPS) is 10.7. The average Bonchev–Trinajstić information content (AvgIpc) is 3.20. The van der Waals surface area contributed by atoms with E-state index in [0.717, 1.165) is 21.5 Å². The number of hydrogen-bond acceptors (Lipinski definition) is 5. The van der Waals surface area contributed by atoms with Gasteiger partial charge < -0.3 is 10.6 Å². The van der Waals surface area contributed by atoms with Crippen molar-refractivity contribution in [1.82, 2.24) is 9.69 Å². The summed E-state index contributed by atoms with van der Waals surface area (Å²) in [5.74, 6) is 0.524. The van der Waals surface area contributed by atoms with Gasteiger partial charge in [0.2, 0.25) is 0 Å². The maximum Gasteiger partial charge on any atom is 0.251 e. The van der Waals surface area contributed by atoms with Gasteiger partial charge in [-0.25, -0.2) is 0 Å². The van der Waals surface area contributed by atoms with E-state index < -0.39 is 0 Å². The average molecular weight is 416 g/mol. The molecule has 0 aliphatic rings. The molecule has 5 nitrogen and oxygen atoms in total. The van der Waals surface area contributed by atoms with Crippen LogP contribution in [0.5, 0.6) is 0 Å². The predicted molar refractivity (Wildman–Crippen MR) is 121 cm³/mol. The van der Waals surface area contributed by atoms with E-state index in [1.54, 1.807) is 36.4 Å². The summed E-state index contributed by atoms with van der Waals surface area (Å²) in [6.45, 7) is 2.98. The molecule has 2 N–H and O–H groups in total. The number of nitrogens with one attached hydrogen (secondary N) is 2. The zero-order chi connectivity index (χ0) is 20.9. The molecule has 0 aliphatic heterocycles. The molecular formula is C24H21N3O2S. The van der Waals surface area contributed by atoms with Crippen LogP contribution in [0.4, 0.5) is 5.82 Å². The van der Waals surface area contributed by atoms with Gasteiger partial charge in [0.1, 0.15) is 5.82 Å². The van der Waals surface area contributed by atoms with Crippen molar-refractivity contribution in [3.63, 3.8) is 0 Å². The number of aromatic nitrogens is 1. The van der Waals surface area contributed by atoms with Gasteiger partial charge in [0.15, 0.2) is 5.78 Å². The van der Waals surface area contributed by atoms with Crippen molar-refractivity contribution < 1.29 is 9.59 Å². The molecule has 0 bridgehead atoms. The molecule has 1 aromatic heterocycles. The maximum absolute atomic E-state index is 12.7. The van der Waals surface area contributed by atoms with Crippen LogP contribution >= 0.6 is 11.5 Å². The Bertz CT molecular complexity index is 1200. The summed E-state index contributed by atoms with van der Waals surface area (Å²) in [4.78, 5) is 25.2. The van der Waals surface area contributed by atoms with Crippen molar-refractivity contribution in [3.05, 3.63) is 95.1 Å². The molecule has 30 heavy (non-hydrogen) atoms. The van der Waals surface area contributed by atoms with Gasteiger partial charge in [-0.3, -0.25) is 9.59 Å². The summed E-state index contributed by atoms with van der Waals surface area (Å²) in [6.07, 6.45) is 0. The van der Waals surface area contributed by atoms with Gasteiger partial charge in [-0.1, -0.05) is 54.1 Å². The lowest BCUT2D eigenvalue weighted by molar-refractivity contribution is 0.0955. The van der Waals surface area contributed by atoms with Gasteiger partial charge in [0, 0.05) is 35.2 Å². The fourth-order valence-corrected chi connectivity index (χ4v) is 3.90. The van der Waals surface area contributed by atoms with Crippen molar-refractivity contribution in [2.24, 2.45) is 0 Å². The molecule has 0 radical (unpaired) electrons. The second kappa shape index (κ2) is 8.88. The number of rotatable bonds is 7. The van der Waals surface area contributed by atoms with E-state index in [9.17, 15) is 9.59 Å². The van der Waals surface area contributed by atoms with E-state index >= 15 is 0 Å². The minimum atomic E-state index is -0.210. The van der Waals surface area contributed by atoms with E-state index in [4.69, 9.17) is 0 Å². The number of carbonyl (C=O) groups excluding carboxylic acids is 2. The number of hydrogen-bond donors (Lipinski definition) is 2. The Morgan fingerprint density at radius 1 is 0.867 bits per heavy atom. The molecule has 1 amide bonds. The number of carbonyl (C=O) groups is 2. The molecule has 0 aliphatic carbocycles. The number of ketones is 1. The van der Waals surface area contributed by atoms with E-state index in [0.29, 0.717) is 29.8 Å². The Kier molecular flexibility index (Phi) is 5.86. The van der Waals surface area contributed by atoms with Crippen LogP contribution in [0.25, 0.3) is 10.1 Å². The molecule has 0 fully saturated rings. The minimum absolute atomic E-state index is 0.0956. The topological polar surface area (TPSA) is 71.1 Å². The zero-order valence-electron chi connectivity index (χ0n) is 16.5. The Morgan fingerprint density at radius 2 is 1.63 bits per heavy atom. The lowest BCUT2D eigenvalue weighted by Gasteiger charge is -2.08. The van der Waals surface area contributed by atoms with Crippen molar-refractivity contribution in [3.8, 4) is 0 Å². The summed E-state index contributed by atoms with van der Waals surface area (Å²) in [5, 5.41) is 7.23. The maximum atomic E-state index is 12.7. The molecule has 0 saturated carbocycles. The summed E-state index contributed by atoms with van der Waals surface area (Å²) in [5.41, 5.74) is 2.67. The molecule has 6 heteroatoms. The first-order valence-corrected chi connectivity index (χ1v) is 10.5. The van der Waals surface area contributed by atoms with Crippen molar-refractivity contribution in [1.29, 1.82) is 0 Å². The fraction of sp³-hybridized carbons (Fsp3) is 0.125. The number of anilines is 1. The Labute approximate surface area is 178 Å². The molecule has 150 valence electrons. The van der Waals surface area contributed by atoms with E-state index in [1.165, 1.54) is 11.5 Å². The van der Waals surface area contributed by atoms with Crippen LogP contribution in [0, 0.1) is 6.92 Å². The lowest BCUT2D eigenvalue weighted by atomic mass is 10.0. The Hall–Kier alpha value is -3.51. The van der Waals surface area contributed by atoms with Crippen LogP contribution in [0.3, 0.4) is 0 Å². The van der Waals surface area contributed by atoms with Crippen LogP contribution in [0.2, 0.25) is 0 Å². The fourth-order valence-electron chi connectivity index (χ4n) is 3.15. The standard InChI is InChI=1S/C24H21N3O2S/c1-16-9-11-17(12-10-16)22(28)18-5-4-6-19(15-18)24(29)26-14-13-25-23-20-7-2-3-8-21(20)30-27-23/h2-12,15H,13-14H2,1H3,(H,25,27)(H,26,29). The molecule has 4 rings (SSSR count). The Balaban J connectivity index is 1.35. The summed E-state index contributed by atoms with van der Waals surface area (Å²) in [6, 6.07) is 22.3. The molecule has 4 aromatic rings. The Morgan fingerprint density at radius 3 is 2.47 bits per heavy atom. The second-order valence-electron chi connectivity index (χ2n) is 6.99. The molecule has 0 saturated heterocycles. The monoisotopic (exact) mass is 415 g/mol. The highest BCUT2D eigenvalue weighted by atomic mass is 32.1. The number of fused-ring (bicyclic) bond motifs is 1. The first-order chi connectivity index (χ1) is 14.6. The zero-order valence-corrected chi connectivity index (χ0v) is 17.3. The van der Waals surface area contributed by atoms with Crippen LogP contribution in [0.1, 0.15) is 31.8 Å².